The van der Waals surface area contributed by atoms with Gasteiger partial charge in [0.25, 0.3) is 5.56 Å². The van der Waals surface area contributed by atoms with E-state index in [-0.39, 0.29) is 23.8 Å². The molecule has 0 spiro atoms. The van der Waals surface area contributed by atoms with E-state index in [1.807, 2.05) is 13.0 Å². The van der Waals surface area contributed by atoms with Gasteiger partial charge in [-0.05, 0) is 61.7 Å². The summed E-state index contributed by atoms with van der Waals surface area (Å²) in [6.45, 7) is 7.41. The van der Waals surface area contributed by atoms with Crippen molar-refractivity contribution in [1.29, 1.82) is 0 Å². The SMILES string of the molecule is CC(=O)Nc1ccc(C(=O)Cn2cnc3sc(C)c(-c4ccc(C)c(C)c4)c3c2=O)cc1. The number of Topliss-reactive ketones (excluding diaryl/α,β-unsaturated/α-hetero) is 1. The molecule has 0 saturated heterocycles. The molecule has 7 heteroatoms. The highest BCUT2D eigenvalue weighted by atomic mass is 32.1. The van der Waals surface area contributed by atoms with Gasteiger partial charge in [0.05, 0.1) is 18.3 Å². The monoisotopic (exact) mass is 445 g/mol. The Kier molecular flexibility index (Phi) is 5.76. The lowest BCUT2D eigenvalue weighted by molar-refractivity contribution is -0.114. The van der Waals surface area contributed by atoms with E-state index in [0.29, 0.717) is 21.5 Å². The minimum atomic E-state index is -0.226. The van der Waals surface area contributed by atoms with Gasteiger partial charge in [-0.1, -0.05) is 18.2 Å². The van der Waals surface area contributed by atoms with Crippen LogP contribution >= 0.6 is 11.3 Å². The number of anilines is 1. The van der Waals surface area contributed by atoms with Crippen molar-refractivity contribution in [1.82, 2.24) is 9.55 Å². The maximum atomic E-state index is 13.4. The summed E-state index contributed by atoms with van der Waals surface area (Å²) in [7, 11) is 0. The molecule has 0 aliphatic heterocycles. The van der Waals surface area contributed by atoms with E-state index < -0.39 is 0 Å². The summed E-state index contributed by atoms with van der Waals surface area (Å²) in [6, 6.07) is 12.8. The normalized spacial score (nSPS) is 11.0. The largest absolute Gasteiger partial charge is 0.326 e. The maximum Gasteiger partial charge on any atom is 0.263 e. The lowest BCUT2D eigenvalue weighted by Gasteiger charge is -2.08. The number of hydrogen-bond acceptors (Lipinski definition) is 5. The summed E-state index contributed by atoms with van der Waals surface area (Å²) in [4.78, 5) is 43.5. The van der Waals surface area contributed by atoms with Crippen molar-refractivity contribution < 1.29 is 9.59 Å². The first kappa shape index (κ1) is 21.6. The molecule has 0 fully saturated rings. The number of hydrogen-bond donors (Lipinski definition) is 1. The molecule has 1 N–H and O–H groups in total. The van der Waals surface area contributed by atoms with Crippen LogP contribution in [0, 0.1) is 20.8 Å². The van der Waals surface area contributed by atoms with Gasteiger partial charge < -0.3 is 5.32 Å². The summed E-state index contributed by atoms with van der Waals surface area (Å²) < 4.78 is 1.36. The topological polar surface area (TPSA) is 81.1 Å². The predicted molar refractivity (Wildman–Crippen MR) is 129 cm³/mol. The van der Waals surface area contributed by atoms with E-state index in [4.69, 9.17) is 0 Å². The molecule has 32 heavy (non-hydrogen) atoms. The number of nitrogens with one attached hydrogen (secondary N) is 1. The van der Waals surface area contributed by atoms with Crippen LogP contribution in [0.25, 0.3) is 21.3 Å². The van der Waals surface area contributed by atoms with Crippen molar-refractivity contribution >= 4 is 38.9 Å². The molecule has 4 aromatic rings. The summed E-state index contributed by atoms with van der Waals surface area (Å²) in [6.07, 6.45) is 1.44. The Morgan fingerprint density at radius 3 is 2.41 bits per heavy atom. The third kappa shape index (κ3) is 4.11. The van der Waals surface area contributed by atoms with Crippen molar-refractivity contribution in [2.75, 3.05) is 5.32 Å². The second kappa shape index (κ2) is 8.51. The number of aromatic nitrogens is 2. The van der Waals surface area contributed by atoms with Crippen molar-refractivity contribution in [3.8, 4) is 11.1 Å². The molecular weight excluding hydrogens is 422 g/mol. The van der Waals surface area contributed by atoms with Crippen LogP contribution in [-0.2, 0) is 11.3 Å². The number of ketones is 1. The molecule has 1 amide bonds. The molecule has 162 valence electrons. The highest BCUT2D eigenvalue weighted by molar-refractivity contribution is 7.19. The standard InChI is InChI=1S/C25H23N3O3S/c1-14-5-6-19(11-15(14)2)22-16(3)32-24-23(22)25(31)28(13-26-24)12-21(30)18-7-9-20(10-8-18)27-17(4)29/h5-11,13H,12H2,1-4H3,(H,27,29). The predicted octanol–water partition coefficient (Wildman–Crippen LogP) is 4.89. The van der Waals surface area contributed by atoms with E-state index in [1.54, 1.807) is 24.3 Å². The van der Waals surface area contributed by atoms with Gasteiger partial charge in [0, 0.05) is 28.6 Å². The lowest BCUT2D eigenvalue weighted by Crippen LogP contribution is -2.24. The molecule has 0 bridgehead atoms. The Morgan fingerprint density at radius 2 is 1.75 bits per heavy atom. The van der Waals surface area contributed by atoms with Crippen molar-refractivity contribution in [3.05, 3.63) is 80.7 Å². The molecule has 2 aromatic carbocycles. The Bertz CT molecular complexity index is 1420. The number of carbonyl (C=O) groups is 2. The number of aryl methyl sites for hydroxylation is 3. The van der Waals surface area contributed by atoms with Gasteiger partial charge in [-0.2, -0.15) is 0 Å². The molecule has 2 aromatic heterocycles. The molecule has 0 unspecified atom stereocenters. The molecule has 6 nitrogen and oxygen atoms in total. The molecule has 0 saturated carbocycles. The minimum absolute atomic E-state index is 0.109. The van der Waals surface area contributed by atoms with Gasteiger partial charge in [-0.15, -0.1) is 11.3 Å². The molecule has 0 aliphatic carbocycles. The van der Waals surface area contributed by atoms with Gasteiger partial charge in [0.15, 0.2) is 5.78 Å². The Labute approximate surface area is 189 Å². The van der Waals surface area contributed by atoms with Crippen LogP contribution in [-0.4, -0.2) is 21.2 Å². The molecule has 0 radical (unpaired) electrons. The number of nitrogens with zero attached hydrogens (tertiary/aromatic N) is 2. The van der Waals surface area contributed by atoms with E-state index >= 15 is 0 Å². The van der Waals surface area contributed by atoms with Crippen LogP contribution in [0.5, 0.6) is 0 Å². The highest BCUT2D eigenvalue weighted by Gasteiger charge is 2.18. The van der Waals surface area contributed by atoms with Crippen LogP contribution in [0.3, 0.4) is 0 Å². The van der Waals surface area contributed by atoms with Crippen LogP contribution < -0.4 is 10.9 Å². The van der Waals surface area contributed by atoms with E-state index in [9.17, 15) is 14.4 Å². The number of benzene rings is 2. The van der Waals surface area contributed by atoms with E-state index in [1.165, 1.54) is 34.7 Å². The molecular formula is C25H23N3O3S. The first-order chi connectivity index (χ1) is 15.2. The van der Waals surface area contributed by atoms with Crippen LogP contribution in [0.1, 0.15) is 33.3 Å². The van der Waals surface area contributed by atoms with Gasteiger partial charge >= 0.3 is 0 Å². The van der Waals surface area contributed by atoms with Crippen molar-refractivity contribution in [2.45, 2.75) is 34.2 Å². The zero-order chi connectivity index (χ0) is 23.0. The highest BCUT2D eigenvalue weighted by Crippen LogP contribution is 2.36. The molecule has 4 rings (SSSR count). The average molecular weight is 446 g/mol. The molecule has 2 heterocycles. The third-order valence-electron chi connectivity index (χ3n) is 5.49. The quantitative estimate of drug-likeness (QED) is 0.444. The van der Waals surface area contributed by atoms with Crippen LogP contribution in [0.2, 0.25) is 0 Å². The smallest absolute Gasteiger partial charge is 0.263 e. The number of carbonyl (C=O) groups excluding carboxylic acids is 2. The van der Waals surface area contributed by atoms with Crippen LogP contribution in [0.15, 0.2) is 53.6 Å². The van der Waals surface area contributed by atoms with Crippen LogP contribution in [0.4, 0.5) is 5.69 Å². The summed E-state index contributed by atoms with van der Waals surface area (Å²) in [5.41, 5.74) is 5.05. The third-order valence-corrected chi connectivity index (χ3v) is 6.50. The summed E-state index contributed by atoms with van der Waals surface area (Å²) in [5.74, 6) is -0.386. The van der Waals surface area contributed by atoms with E-state index in [2.05, 4.69) is 36.3 Å². The Morgan fingerprint density at radius 1 is 1.03 bits per heavy atom. The summed E-state index contributed by atoms with van der Waals surface area (Å²) >= 11 is 1.48. The molecule has 0 atom stereocenters. The first-order valence-corrected chi connectivity index (χ1v) is 11.0. The van der Waals surface area contributed by atoms with Gasteiger partial charge in [0.2, 0.25) is 5.91 Å². The fourth-order valence-electron chi connectivity index (χ4n) is 3.68. The van der Waals surface area contributed by atoms with Gasteiger partial charge in [-0.25, -0.2) is 4.98 Å². The maximum absolute atomic E-state index is 13.4. The zero-order valence-corrected chi connectivity index (χ0v) is 19.2. The fraction of sp³-hybridized carbons (Fsp3) is 0.200. The molecule has 0 aliphatic rings. The number of thiophene rings is 1. The second-order valence-electron chi connectivity index (χ2n) is 7.87. The number of rotatable bonds is 5. The first-order valence-electron chi connectivity index (χ1n) is 10.2. The van der Waals surface area contributed by atoms with Crippen molar-refractivity contribution in [2.24, 2.45) is 0 Å². The number of fused-ring (bicyclic) bond motifs is 1. The Balaban J connectivity index is 1.70. The average Bonchev–Trinajstić information content (AvgIpc) is 3.09. The minimum Gasteiger partial charge on any atom is -0.326 e. The van der Waals surface area contributed by atoms with Gasteiger partial charge in [-0.3, -0.25) is 19.0 Å². The van der Waals surface area contributed by atoms with E-state index in [0.717, 1.165) is 21.6 Å². The lowest BCUT2D eigenvalue weighted by atomic mass is 9.99. The fourth-order valence-corrected chi connectivity index (χ4v) is 4.69. The number of amides is 1. The Hall–Kier alpha value is -3.58. The zero-order valence-electron chi connectivity index (χ0n) is 18.4. The summed E-state index contributed by atoms with van der Waals surface area (Å²) in [5, 5.41) is 3.22. The van der Waals surface area contributed by atoms with Gasteiger partial charge in [0.1, 0.15) is 4.83 Å². The second-order valence-corrected chi connectivity index (χ2v) is 9.07. The van der Waals surface area contributed by atoms with Crippen molar-refractivity contribution in [3.63, 3.8) is 0 Å².